The maximum atomic E-state index is 13.6. The first kappa shape index (κ1) is 31.4. The van der Waals surface area contributed by atoms with Gasteiger partial charge in [0.05, 0.1) is 11.3 Å². The van der Waals surface area contributed by atoms with E-state index in [0.29, 0.717) is 6.04 Å². The monoisotopic (exact) mass is 547 g/mol. The summed E-state index contributed by atoms with van der Waals surface area (Å²) in [5, 5.41) is 34.1. The van der Waals surface area contributed by atoms with E-state index in [1.165, 1.54) is 29.0 Å². The molecule has 0 saturated heterocycles. The molecule has 5 rings (SSSR count). The van der Waals surface area contributed by atoms with Gasteiger partial charge in [0, 0.05) is 40.3 Å². The zero-order chi connectivity index (χ0) is 23.5. The maximum absolute atomic E-state index is 13.6. The van der Waals surface area contributed by atoms with E-state index in [-0.39, 0.29) is 120 Å². The number of amides is 1. The van der Waals surface area contributed by atoms with Crippen molar-refractivity contribution in [2.45, 2.75) is 70.5 Å². The second kappa shape index (κ2) is 14.4. The van der Waals surface area contributed by atoms with Gasteiger partial charge in [0.25, 0.3) is 5.91 Å². The summed E-state index contributed by atoms with van der Waals surface area (Å²) in [6, 6.07) is 5.91. The average Bonchev–Trinajstić information content (AvgIpc) is 3.37. The molecule has 1 N–H and O–H groups in total. The van der Waals surface area contributed by atoms with E-state index in [4.69, 9.17) is 20.1 Å². The largest absolute Gasteiger partial charge is 1.00 e. The van der Waals surface area contributed by atoms with Crippen LogP contribution in [0, 0.1) is 0 Å². The molecule has 1 saturated carbocycles. The van der Waals surface area contributed by atoms with Crippen LogP contribution in [-0.2, 0) is 19.4 Å². The topological polar surface area (TPSA) is 122 Å². The van der Waals surface area contributed by atoms with Crippen molar-refractivity contribution < 1.29 is 128 Å². The van der Waals surface area contributed by atoms with Crippen LogP contribution in [-0.4, -0.2) is 43.9 Å². The van der Waals surface area contributed by atoms with Gasteiger partial charge in [0.1, 0.15) is 5.75 Å². The van der Waals surface area contributed by atoms with Crippen LogP contribution in [0.5, 0.6) is 5.75 Å². The third-order valence-electron chi connectivity index (χ3n) is 6.19. The fraction of sp³-hybridized carbons (Fsp3) is 0.458. The molecule has 2 aliphatic rings. The molecule has 35 heavy (non-hydrogen) atoms. The molecule has 0 bridgehead atoms. The van der Waals surface area contributed by atoms with E-state index in [0.717, 1.165) is 60.7 Å². The number of fused-ring (bicyclic) bond motifs is 2. The molecule has 1 aromatic carbocycles. The van der Waals surface area contributed by atoms with Gasteiger partial charge in [-0.05, 0) is 68.4 Å². The molecule has 1 fully saturated rings. The predicted molar refractivity (Wildman–Crippen MR) is 121 cm³/mol. The number of unbranched alkanes of at least 4 members (excludes halogenated alkanes) is 1. The number of hydrogen-bond donors (Lipinski definition) is 1. The van der Waals surface area contributed by atoms with Crippen LogP contribution < -0.4 is 113 Å². The Balaban J connectivity index is 0.000000672. The Morgan fingerprint density at radius 2 is 1.91 bits per heavy atom. The average molecular weight is 548 g/mol. The minimum absolute atomic E-state index is 0. The van der Waals surface area contributed by atoms with Gasteiger partial charge in [-0.3, -0.25) is 9.48 Å². The van der Waals surface area contributed by atoms with Crippen LogP contribution in [0.4, 0.5) is 4.79 Å². The fourth-order valence-electron chi connectivity index (χ4n) is 4.52. The molecular formula is C24H27K2N3O5S. The molecule has 2 aliphatic carbocycles. The normalized spacial score (nSPS) is 16.2. The third-order valence-corrected chi connectivity index (χ3v) is 7.14. The van der Waals surface area contributed by atoms with Gasteiger partial charge < -0.3 is 25.0 Å². The Morgan fingerprint density at radius 1 is 1.20 bits per heavy atom. The summed E-state index contributed by atoms with van der Waals surface area (Å²) >= 11 is 1.53. The Bertz CT molecular complexity index is 1160. The smallest absolute Gasteiger partial charge is 0.652 e. The number of thiophene rings is 1. The molecule has 11 heteroatoms. The molecular weight excluding hydrogens is 521 g/mol. The first-order valence-electron chi connectivity index (χ1n) is 11.3. The van der Waals surface area contributed by atoms with Gasteiger partial charge in [0.2, 0.25) is 0 Å². The van der Waals surface area contributed by atoms with Crippen molar-refractivity contribution in [3.63, 3.8) is 0 Å². The zero-order valence-electron chi connectivity index (χ0n) is 20.5. The molecule has 0 radical (unpaired) electrons. The van der Waals surface area contributed by atoms with Crippen LogP contribution in [0.15, 0.2) is 29.8 Å². The van der Waals surface area contributed by atoms with Gasteiger partial charge in [-0.2, -0.15) is 5.10 Å². The number of nitrogens with zero attached hydrogens (tertiary/aromatic N) is 3. The number of benzene rings is 1. The van der Waals surface area contributed by atoms with Crippen molar-refractivity contribution in [1.29, 1.82) is 0 Å². The number of phenolic OH excluding ortho intramolecular Hbond substituents is 1. The van der Waals surface area contributed by atoms with Gasteiger partial charge in [-0.15, -0.1) is 11.3 Å². The Labute approximate surface area is 293 Å². The Hall–Kier alpha value is 0.203. The number of aryl methyl sites for hydroxylation is 2. The molecule has 0 aliphatic heterocycles. The van der Waals surface area contributed by atoms with Gasteiger partial charge in [-0.25, -0.2) is 0 Å². The molecule has 0 spiro atoms. The molecule has 1 unspecified atom stereocenters. The van der Waals surface area contributed by atoms with E-state index in [1.807, 2.05) is 11.4 Å². The minimum atomic E-state index is -2.33. The molecule has 3 aromatic rings. The van der Waals surface area contributed by atoms with Crippen molar-refractivity contribution in [1.82, 2.24) is 14.7 Å². The first-order valence-corrected chi connectivity index (χ1v) is 12.2. The fourth-order valence-corrected chi connectivity index (χ4v) is 5.49. The third kappa shape index (κ3) is 8.09. The molecule has 8 nitrogen and oxygen atoms in total. The number of rotatable bonds is 6. The standard InChI is InChI=1S/C23H27N3O2S.CH2O3.2K/c1-2-3-10-25-13-15-11-17(6-9-21(15)24-25)26(16-4-5-16)23(28)20-14-29-22-12-18(27)7-8-19(20)22;2-1(3)4;;/h7-8,12-14,16-17,27H,2-6,9-11H2,1H3;(H2,2,3,4);;/q;;2*+1/p-2. The van der Waals surface area contributed by atoms with Crippen LogP contribution in [0.25, 0.3) is 10.1 Å². The molecule has 2 heterocycles. The summed E-state index contributed by atoms with van der Waals surface area (Å²) in [5.74, 6) is 0.397. The number of carbonyl (C=O) groups is 2. The van der Waals surface area contributed by atoms with Crippen LogP contribution in [0.1, 0.15) is 60.6 Å². The number of hydrogen-bond acceptors (Lipinski definition) is 7. The summed E-state index contributed by atoms with van der Waals surface area (Å²) in [6.07, 6.45) is 7.25. The summed E-state index contributed by atoms with van der Waals surface area (Å²) < 4.78 is 3.06. The quantitative estimate of drug-likeness (QED) is 0.318. The van der Waals surface area contributed by atoms with Crippen molar-refractivity contribution in [3.8, 4) is 5.75 Å². The summed E-state index contributed by atoms with van der Waals surface area (Å²) in [7, 11) is 0. The number of aromatic nitrogens is 2. The van der Waals surface area contributed by atoms with Crippen molar-refractivity contribution in [2.24, 2.45) is 0 Å². The molecule has 176 valence electrons. The molecule has 1 amide bonds. The second-order valence-electron chi connectivity index (χ2n) is 8.64. The van der Waals surface area contributed by atoms with Crippen LogP contribution >= 0.6 is 11.3 Å². The van der Waals surface area contributed by atoms with Crippen LogP contribution in [0.3, 0.4) is 0 Å². The van der Waals surface area contributed by atoms with E-state index >= 15 is 0 Å². The Kier molecular flexibility index (Phi) is 12.9. The van der Waals surface area contributed by atoms with E-state index in [1.54, 1.807) is 12.1 Å². The maximum Gasteiger partial charge on any atom is 1.00 e. The summed E-state index contributed by atoms with van der Waals surface area (Å²) in [5.41, 5.74) is 3.31. The minimum Gasteiger partial charge on any atom is -0.652 e. The number of aromatic hydroxyl groups is 1. The van der Waals surface area contributed by atoms with Gasteiger partial charge >= 0.3 is 103 Å². The number of carbonyl (C=O) groups excluding carboxylic acids is 2. The summed E-state index contributed by atoms with van der Waals surface area (Å²) in [6.45, 7) is 3.18. The van der Waals surface area contributed by atoms with E-state index in [2.05, 4.69) is 22.7 Å². The van der Waals surface area contributed by atoms with Crippen molar-refractivity contribution in [3.05, 3.63) is 46.6 Å². The Morgan fingerprint density at radius 3 is 2.57 bits per heavy atom. The SMILES string of the molecule is CCCCn1cc2c(n1)CCC(N(C(=O)c1csc3cc(O)ccc13)C1CC1)C2.O=C([O-])[O-].[K+].[K+]. The predicted octanol–water partition coefficient (Wildman–Crippen LogP) is -3.67. The number of phenols is 1. The molecule has 2 aromatic heterocycles. The first-order chi connectivity index (χ1) is 15.9. The summed E-state index contributed by atoms with van der Waals surface area (Å²) in [4.78, 5) is 24.1. The molecule has 1 atom stereocenters. The van der Waals surface area contributed by atoms with E-state index in [9.17, 15) is 9.90 Å². The number of carboxylic acid groups (broad SMARTS) is 2. The van der Waals surface area contributed by atoms with Crippen LogP contribution in [0.2, 0.25) is 0 Å². The van der Waals surface area contributed by atoms with Crippen molar-refractivity contribution in [2.75, 3.05) is 0 Å². The van der Waals surface area contributed by atoms with E-state index < -0.39 is 6.16 Å². The van der Waals surface area contributed by atoms with Crippen molar-refractivity contribution >= 4 is 33.5 Å². The zero-order valence-corrected chi connectivity index (χ0v) is 27.6. The van der Waals surface area contributed by atoms with Gasteiger partial charge in [0.15, 0.2) is 0 Å². The second-order valence-corrected chi connectivity index (χ2v) is 9.55. The van der Waals surface area contributed by atoms with Gasteiger partial charge in [-0.1, -0.05) is 13.3 Å².